The van der Waals surface area contributed by atoms with Crippen LogP contribution < -0.4 is 5.32 Å². The van der Waals surface area contributed by atoms with E-state index in [9.17, 15) is 4.79 Å². The van der Waals surface area contributed by atoms with Gasteiger partial charge >= 0.3 is 0 Å². The highest BCUT2D eigenvalue weighted by Gasteiger charge is 2.20. The fourth-order valence-electron chi connectivity index (χ4n) is 2.80. The average Bonchev–Trinajstić information content (AvgIpc) is 3.47. The van der Waals surface area contributed by atoms with Gasteiger partial charge in [0.1, 0.15) is 0 Å². The molecule has 0 bridgehead atoms. The standard InChI is InChI=1S/C20H20N6O2/c1-15-5-7-16(8-6-15)26-19(17-4-2-13-28-17)23-18(24-26)20(27)22-9-3-11-25-12-10-21-14-25/h2,4-8,10,12-14H,3,9,11H2,1H3,(H,22,27). The first-order valence-corrected chi connectivity index (χ1v) is 9.02. The maximum absolute atomic E-state index is 12.5. The van der Waals surface area contributed by atoms with Crippen LogP contribution in [0.3, 0.4) is 0 Å². The number of imidazole rings is 1. The Morgan fingerprint density at radius 1 is 1.21 bits per heavy atom. The molecule has 0 aliphatic carbocycles. The number of aromatic nitrogens is 5. The molecule has 142 valence electrons. The highest BCUT2D eigenvalue weighted by atomic mass is 16.3. The Bertz CT molecular complexity index is 1030. The third kappa shape index (κ3) is 3.85. The lowest BCUT2D eigenvalue weighted by Crippen LogP contribution is -2.26. The summed E-state index contributed by atoms with van der Waals surface area (Å²) in [5.41, 5.74) is 1.95. The van der Waals surface area contributed by atoms with Crippen LogP contribution in [0.2, 0.25) is 0 Å². The lowest BCUT2D eigenvalue weighted by atomic mass is 10.2. The molecular weight excluding hydrogens is 356 g/mol. The zero-order valence-electron chi connectivity index (χ0n) is 15.4. The molecule has 0 unspecified atom stereocenters. The molecule has 1 N–H and O–H groups in total. The van der Waals surface area contributed by atoms with Gasteiger partial charge in [-0.1, -0.05) is 17.7 Å². The molecule has 0 fully saturated rings. The molecule has 3 aromatic heterocycles. The summed E-state index contributed by atoms with van der Waals surface area (Å²) in [7, 11) is 0. The summed E-state index contributed by atoms with van der Waals surface area (Å²) in [6, 6.07) is 11.4. The molecule has 0 atom stereocenters. The minimum absolute atomic E-state index is 0.106. The Labute approximate surface area is 161 Å². The Morgan fingerprint density at radius 2 is 2.07 bits per heavy atom. The minimum atomic E-state index is -0.315. The van der Waals surface area contributed by atoms with Crippen molar-refractivity contribution in [1.29, 1.82) is 0 Å². The maximum atomic E-state index is 12.5. The third-order valence-electron chi connectivity index (χ3n) is 4.27. The number of benzene rings is 1. The predicted molar refractivity (Wildman–Crippen MR) is 103 cm³/mol. The fourth-order valence-corrected chi connectivity index (χ4v) is 2.80. The van der Waals surface area contributed by atoms with Gasteiger partial charge in [-0.25, -0.2) is 9.67 Å². The molecule has 3 heterocycles. The van der Waals surface area contributed by atoms with Crippen LogP contribution in [0.4, 0.5) is 0 Å². The van der Waals surface area contributed by atoms with Gasteiger partial charge in [0, 0.05) is 25.5 Å². The van der Waals surface area contributed by atoms with Crippen molar-refractivity contribution in [1.82, 2.24) is 29.6 Å². The van der Waals surface area contributed by atoms with Gasteiger partial charge in [0.25, 0.3) is 5.91 Å². The van der Waals surface area contributed by atoms with Crippen molar-refractivity contribution in [3.63, 3.8) is 0 Å². The van der Waals surface area contributed by atoms with Crippen molar-refractivity contribution < 1.29 is 9.21 Å². The first kappa shape index (κ1) is 17.7. The first-order chi connectivity index (χ1) is 13.7. The van der Waals surface area contributed by atoms with Crippen LogP contribution in [0.5, 0.6) is 0 Å². The largest absolute Gasteiger partial charge is 0.461 e. The van der Waals surface area contributed by atoms with Crippen molar-refractivity contribution in [3.05, 3.63) is 72.8 Å². The Balaban J connectivity index is 1.51. The molecule has 0 spiro atoms. The second kappa shape index (κ2) is 7.91. The summed E-state index contributed by atoms with van der Waals surface area (Å²) in [5.74, 6) is 0.823. The lowest BCUT2D eigenvalue weighted by molar-refractivity contribution is 0.0942. The summed E-state index contributed by atoms with van der Waals surface area (Å²) in [5, 5.41) is 7.28. The highest BCUT2D eigenvalue weighted by Crippen LogP contribution is 2.22. The monoisotopic (exact) mass is 376 g/mol. The van der Waals surface area contributed by atoms with Crippen molar-refractivity contribution in [2.45, 2.75) is 19.9 Å². The molecule has 0 aliphatic heterocycles. The van der Waals surface area contributed by atoms with E-state index in [-0.39, 0.29) is 11.7 Å². The highest BCUT2D eigenvalue weighted by molar-refractivity contribution is 5.90. The molecule has 0 radical (unpaired) electrons. The van der Waals surface area contributed by atoms with Gasteiger partial charge in [-0.05, 0) is 37.6 Å². The van der Waals surface area contributed by atoms with Crippen molar-refractivity contribution in [3.8, 4) is 17.3 Å². The van der Waals surface area contributed by atoms with Gasteiger partial charge in [0.2, 0.25) is 5.82 Å². The van der Waals surface area contributed by atoms with Crippen LogP contribution in [-0.4, -0.2) is 36.8 Å². The van der Waals surface area contributed by atoms with E-state index in [1.807, 2.05) is 42.0 Å². The topological polar surface area (TPSA) is 90.8 Å². The number of aryl methyl sites for hydroxylation is 2. The van der Waals surface area contributed by atoms with E-state index < -0.39 is 0 Å². The Morgan fingerprint density at radius 3 is 2.79 bits per heavy atom. The molecule has 1 aromatic carbocycles. The summed E-state index contributed by atoms with van der Waals surface area (Å²) in [6.45, 7) is 3.32. The second-order valence-corrected chi connectivity index (χ2v) is 6.39. The first-order valence-electron chi connectivity index (χ1n) is 9.02. The summed E-state index contributed by atoms with van der Waals surface area (Å²) in [6.07, 6.45) is 7.73. The van der Waals surface area contributed by atoms with E-state index in [1.54, 1.807) is 35.6 Å². The van der Waals surface area contributed by atoms with E-state index >= 15 is 0 Å². The predicted octanol–water partition coefficient (Wildman–Crippen LogP) is 2.85. The number of nitrogens with zero attached hydrogens (tertiary/aromatic N) is 5. The summed E-state index contributed by atoms with van der Waals surface area (Å²) >= 11 is 0. The third-order valence-corrected chi connectivity index (χ3v) is 4.27. The van der Waals surface area contributed by atoms with E-state index in [4.69, 9.17) is 4.42 Å². The molecule has 8 heteroatoms. The summed E-state index contributed by atoms with van der Waals surface area (Å²) in [4.78, 5) is 20.9. The van der Waals surface area contributed by atoms with E-state index in [2.05, 4.69) is 20.4 Å². The van der Waals surface area contributed by atoms with E-state index in [0.29, 0.717) is 18.1 Å². The van der Waals surface area contributed by atoms with E-state index in [1.165, 1.54) is 0 Å². The molecule has 8 nitrogen and oxygen atoms in total. The maximum Gasteiger partial charge on any atom is 0.290 e. The van der Waals surface area contributed by atoms with Crippen LogP contribution in [-0.2, 0) is 6.54 Å². The number of hydrogen-bond donors (Lipinski definition) is 1. The van der Waals surface area contributed by atoms with Crippen LogP contribution in [0.25, 0.3) is 17.3 Å². The molecule has 28 heavy (non-hydrogen) atoms. The lowest BCUT2D eigenvalue weighted by Gasteiger charge is -2.04. The Hall–Kier alpha value is -3.68. The van der Waals surface area contributed by atoms with Crippen LogP contribution in [0.1, 0.15) is 22.6 Å². The SMILES string of the molecule is Cc1ccc(-n2nc(C(=O)NCCCn3ccnc3)nc2-c2ccco2)cc1. The van der Waals surface area contributed by atoms with Crippen molar-refractivity contribution >= 4 is 5.91 Å². The number of nitrogens with one attached hydrogen (secondary N) is 1. The Kier molecular flexibility index (Phi) is 5.01. The van der Waals surface area contributed by atoms with Crippen molar-refractivity contribution in [2.24, 2.45) is 0 Å². The number of hydrogen-bond acceptors (Lipinski definition) is 5. The van der Waals surface area contributed by atoms with Gasteiger partial charge in [-0.3, -0.25) is 4.79 Å². The molecule has 4 aromatic rings. The quantitative estimate of drug-likeness (QED) is 0.501. The van der Waals surface area contributed by atoms with Gasteiger partial charge in [-0.2, -0.15) is 4.98 Å². The van der Waals surface area contributed by atoms with Crippen LogP contribution >= 0.6 is 0 Å². The zero-order chi connectivity index (χ0) is 19.3. The molecule has 0 saturated carbocycles. The van der Waals surface area contributed by atoms with E-state index in [0.717, 1.165) is 24.2 Å². The number of carbonyl (C=O) groups is 1. The average molecular weight is 376 g/mol. The summed E-state index contributed by atoms with van der Waals surface area (Å²) < 4.78 is 9.06. The molecular formula is C20H20N6O2. The van der Waals surface area contributed by atoms with Crippen molar-refractivity contribution in [2.75, 3.05) is 6.54 Å². The number of carbonyl (C=O) groups excluding carboxylic acids is 1. The molecule has 0 aliphatic rings. The van der Waals surface area contributed by atoms with Gasteiger partial charge in [-0.15, -0.1) is 5.10 Å². The zero-order valence-corrected chi connectivity index (χ0v) is 15.4. The fraction of sp³-hybridized carbons (Fsp3) is 0.200. The molecule has 0 saturated heterocycles. The smallest absolute Gasteiger partial charge is 0.290 e. The second-order valence-electron chi connectivity index (χ2n) is 6.39. The normalized spacial score (nSPS) is 10.9. The van der Waals surface area contributed by atoms with Gasteiger partial charge in [0.15, 0.2) is 11.6 Å². The van der Waals surface area contributed by atoms with Gasteiger partial charge in [0.05, 0.1) is 18.3 Å². The van der Waals surface area contributed by atoms with Crippen LogP contribution in [0.15, 0.2) is 65.8 Å². The molecule has 1 amide bonds. The van der Waals surface area contributed by atoms with Gasteiger partial charge < -0.3 is 14.3 Å². The minimum Gasteiger partial charge on any atom is -0.461 e. The van der Waals surface area contributed by atoms with Crippen LogP contribution in [0, 0.1) is 6.92 Å². The number of rotatable bonds is 7. The number of furan rings is 1. The molecule has 4 rings (SSSR count). The number of amides is 1.